The molecule has 1 aliphatic rings. The second-order valence-corrected chi connectivity index (χ2v) is 8.44. The fraction of sp³-hybridized carbons (Fsp3) is 0.318. The van der Waals surface area contributed by atoms with E-state index in [1.54, 1.807) is 0 Å². The number of fused-ring (bicyclic) bond motifs is 1. The lowest BCUT2D eigenvalue weighted by Gasteiger charge is -2.30. The fourth-order valence-electron chi connectivity index (χ4n) is 4.17. The molecule has 2 aromatic carbocycles. The minimum atomic E-state index is -2.58. The van der Waals surface area contributed by atoms with Gasteiger partial charge in [0, 0.05) is 48.1 Å². The smallest absolute Gasteiger partial charge is 0.248 e. The lowest BCUT2D eigenvalue weighted by Crippen LogP contribution is -2.26. The Hall–Kier alpha value is -2.02. The summed E-state index contributed by atoms with van der Waals surface area (Å²) in [6.45, 7) is 0.314. The number of rotatable bonds is 4. The van der Waals surface area contributed by atoms with Gasteiger partial charge >= 0.3 is 0 Å². The van der Waals surface area contributed by atoms with Crippen molar-refractivity contribution in [1.29, 1.82) is 0 Å². The molecular weight excluding hydrogens is 412 g/mol. The number of nitrogens with zero attached hydrogens (tertiary/aromatic N) is 1. The zero-order chi connectivity index (χ0) is 20.8. The molecular formula is C22H22ClF2N3S. The minimum absolute atomic E-state index is 0.0323. The highest BCUT2D eigenvalue weighted by molar-refractivity contribution is 7.80. The average Bonchev–Trinajstić information content (AvgIpc) is 3.09. The first-order chi connectivity index (χ1) is 13.8. The molecule has 4 rings (SSSR count). The highest BCUT2D eigenvalue weighted by Gasteiger charge is 2.36. The Bertz CT molecular complexity index is 1080. The van der Waals surface area contributed by atoms with Crippen LogP contribution in [-0.2, 0) is 6.54 Å². The molecule has 1 heterocycles. The predicted octanol–water partition coefficient (Wildman–Crippen LogP) is 5.81. The normalized spacial score (nSPS) is 17.0. The van der Waals surface area contributed by atoms with Gasteiger partial charge in [-0.25, -0.2) is 8.78 Å². The molecule has 29 heavy (non-hydrogen) atoms. The van der Waals surface area contributed by atoms with E-state index in [-0.39, 0.29) is 18.9 Å². The molecule has 0 saturated heterocycles. The Morgan fingerprint density at radius 3 is 2.59 bits per heavy atom. The highest BCUT2D eigenvalue weighted by atomic mass is 35.5. The van der Waals surface area contributed by atoms with E-state index in [9.17, 15) is 8.78 Å². The molecule has 152 valence electrons. The van der Waals surface area contributed by atoms with Crippen molar-refractivity contribution in [3.63, 3.8) is 0 Å². The van der Waals surface area contributed by atoms with Gasteiger partial charge in [-0.05, 0) is 30.0 Å². The van der Waals surface area contributed by atoms with Crippen molar-refractivity contribution in [1.82, 2.24) is 4.57 Å². The summed E-state index contributed by atoms with van der Waals surface area (Å²) >= 11 is 11.8. The molecule has 1 fully saturated rings. The number of thiocarbonyl (C=S) groups is 1. The monoisotopic (exact) mass is 433 g/mol. The van der Waals surface area contributed by atoms with Crippen LogP contribution < -0.4 is 11.5 Å². The maximum Gasteiger partial charge on any atom is 0.248 e. The Labute approximate surface area is 178 Å². The van der Waals surface area contributed by atoms with Gasteiger partial charge in [0.25, 0.3) is 0 Å². The molecule has 4 N–H and O–H groups in total. The second-order valence-electron chi connectivity index (χ2n) is 7.62. The number of nitrogens with two attached hydrogens (primary N) is 2. The van der Waals surface area contributed by atoms with Crippen LogP contribution in [0.2, 0.25) is 5.02 Å². The van der Waals surface area contributed by atoms with E-state index in [2.05, 4.69) is 4.57 Å². The second kappa shape index (κ2) is 7.67. The van der Waals surface area contributed by atoms with E-state index in [1.165, 1.54) is 0 Å². The number of halogens is 3. The van der Waals surface area contributed by atoms with Gasteiger partial charge in [0.2, 0.25) is 5.92 Å². The summed E-state index contributed by atoms with van der Waals surface area (Å²) in [5.74, 6) is -2.58. The van der Waals surface area contributed by atoms with Gasteiger partial charge in [0.1, 0.15) is 4.99 Å². The maximum absolute atomic E-state index is 13.7. The Morgan fingerprint density at radius 1 is 1.21 bits per heavy atom. The quantitative estimate of drug-likeness (QED) is 0.511. The van der Waals surface area contributed by atoms with Gasteiger partial charge in [-0.3, -0.25) is 0 Å². The fourth-order valence-corrected chi connectivity index (χ4v) is 4.63. The summed E-state index contributed by atoms with van der Waals surface area (Å²) in [5.41, 5.74) is 16.0. The van der Waals surface area contributed by atoms with Crippen LogP contribution in [0.25, 0.3) is 22.0 Å². The van der Waals surface area contributed by atoms with Crippen molar-refractivity contribution in [3.8, 4) is 11.1 Å². The van der Waals surface area contributed by atoms with Crippen LogP contribution in [0.3, 0.4) is 0 Å². The van der Waals surface area contributed by atoms with Crippen molar-refractivity contribution < 1.29 is 8.78 Å². The van der Waals surface area contributed by atoms with E-state index in [1.807, 2.05) is 42.6 Å². The molecule has 1 aromatic heterocycles. The van der Waals surface area contributed by atoms with E-state index >= 15 is 0 Å². The molecule has 3 nitrogen and oxygen atoms in total. The zero-order valence-corrected chi connectivity index (χ0v) is 17.4. The van der Waals surface area contributed by atoms with Crippen LogP contribution >= 0.6 is 23.8 Å². The number of benzene rings is 2. The van der Waals surface area contributed by atoms with Crippen molar-refractivity contribution in [3.05, 3.63) is 58.7 Å². The van der Waals surface area contributed by atoms with Gasteiger partial charge < -0.3 is 16.0 Å². The molecule has 7 heteroatoms. The van der Waals surface area contributed by atoms with Crippen molar-refractivity contribution in [2.24, 2.45) is 11.5 Å². The van der Waals surface area contributed by atoms with Gasteiger partial charge in [-0.15, -0.1) is 0 Å². The van der Waals surface area contributed by atoms with Gasteiger partial charge in [-0.2, -0.15) is 0 Å². The molecule has 1 aliphatic carbocycles. The Balaban J connectivity index is 1.90. The van der Waals surface area contributed by atoms with E-state index in [0.717, 1.165) is 33.2 Å². The third-order valence-electron chi connectivity index (χ3n) is 5.77. The number of aromatic nitrogens is 1. The van der Waals surface area contributed by atoms with Crippen molar-refractivity contribution in [2.45, 2.75) is 44.2 Å². The van der Waals surface area contributed by atoms with E-state index in [4.69, 9.17) is 35.3 Å². The molecule has 0 unspecified atom stereocenters. The van der Waals surface area contributed by atoms with E-state index < -0.39 is 5.92 Å². The average molecular weight is 434 g/mol. The highest BCUT2D eigenvalue weighted by Crippen LogP contribution is 2.43. The SMILES string of the molecule is NCc1ccc2c(-c3cccc(C(N)=S)c3)cn(C3CCC(F)(F)CC3)c2c1Cl. The molecule has 1 saturated carbocycles. The van der Waals surface area contributed by atoms with Crippen LogP contribution in [-0.4, -0.2) is 15.5 Å². The van der Waals surface area contributed by atoms with Gasteiger partial charge in [0.15, 0.2) is 0 Å². The molecule has 0 atom stereocenters. The third kappa shape index (κ3) is 3.77. The summed E-state index contributed by atoms with van der Waals surface area (Å²) < 4.78 is 29.5. The molecule has 3 aromatic rings. The Kier molecular flexibility index (Phi) is 5.36. The summed E-state index contributed by atoms with van der Waals surface area (Å²) in [5, 5.41) is 1.55. The van der Waals surface area contributed by atoms with Gasteiger partial charge in [0.05, 0.1) is 10.5 Å². The third-order valence-corrected chi connectivity index (χ3v) is 6.43. The first kappa shape index (κ1) is 20.3. The lowest BCUT2D eigenvalue weighted by molar-refractivity contribution is -0.0435. The van der Waals surface area contributed by atoms with Gasteiger partial charge in [-0.1, -0.05) is 54.2 Å². The summed E-state index contributed by atoms with van der Waals surface area (Å²) in [6, 6.07) is 11.6. The number of hydrogen-bond donors (Lipinski definition) is 2. The summed E-state index contributed by atoms with van der Waals surface area (Å²) in [4.78, 5) is 0.327. The first-order valence-electron chi connectivity index (χ1n) is 9.61. The van der Waals surface area contributed by atoms with Crippen LogP contribution in [0.5, 0.6) is 0 Å². The topological polar surface area (TPSA) is 57.0 Å². The summed E-state index contributed by atoms with van der Waals surface area (Å²) in [6.07, 6.45) is 2.61. The van der Waals surface area contributed by atoms with Crippen LogP contribution in [0.15, 0.2) is 42.6 Å². The number of alkyl halides is 2. The van der Waals surface area contributed by atoms with E-state index in [0.29, 0.717) is 29.4 Å². The van der Waals surface area contributed by atoms with Crippen molar-refractivity contribution in [2.75, 3.05) is 0 Å². The van der Waals surface area contributed by atoms with Crippen molar-refractivity contribution >= 4 is 39.7 Å². The largest absolute Gasteiger partial charge is 0.389 e. The lowest BCUT2D eigenvalue weighted by atomic mass is 9.92. The minimum Gasteiger partial charge on any atom is -0.389 e. The molecule has 0 spiro atoms. The first-order valence-corrected chi connectivity index (χ1v) is 10.4. The summed E-state index contributed by atoms with van der Waals surface area (Å²) in [7, 11) is 0. The van der Waals surface area contributed by atoms with Crippen LogP contribution in [0, 0.1) is 0 Å². The maximum atomic E-state index is 13.7. The molecule has 0 amide bonds. The number of hydrogen-bond acceptors (Lipinski definition) is 2. The Morgan fingerprint density at radius 2 is 1.93 bits per heavy atom. The molecule has 0 aliphatic heterocycles. The standard InChI is InChI=1S/C22H22ClF2N3S/c23-19-15(11-26)4-5-17-18(13-2-1-3-14(10-13)21(27)29)12-28(20(17)19)16-6-8-22(24,25)9-7-16/h1-5,10,12,16H,6-9,11,26H2,(H2,27,29). The van der Waals surface area contributed by atoms with Crippen LogP contribution in [0.4, 0.5) is 8.78 Å². The predicted molar refractivity (Wildman–Crippen MR) is 119 cm³/mol. The molecule has 0 bridgehead atoms. The molecule has 0 radical (unpaired) electrons. The zero-order valence-electron chi connectivity index (χ0n) is 15.8. The van der Waals surface area contributed by atoms with Crippen LogP contribution in [0.1, 0.15) is 42.9 Å².